The van der Waals surface area contributed by atoms with Crippen LogP contribution in [-0.4, -0.2) is 33.7 Å². The third-order valence-corrected chi connectivity index (χ3v) is 5.48. The molecule has 0 amide bonds. The van der Waals surface area contributed by atoms with Gasteiger partial charge in [-0.2, -0.15) is 0 Å². The minimum Gasteiger partial charge on any atom is -0.496 e. The summed E-state index contributed by atoms with van der Waals surface area (Å²) >= 11 is 3.36. The Morgan fingerprint density at radius 3 is 2.72 bits per heavy atom. The van der Waals surface area contributed by atoms with Crippen LogP contribution < -0.4 is 15.6 Å². The third kappa shape index (κ3) is 3.96. The fraction of sp³-hybridized carbons (Fsp3) is 0.143. The Hall–Kier alpha value is -3.31. The van der Waals surface area contributed by atoms with Gasteiger partial charge in [-0.15, -0.1) is 0 Å². The maximum atomic E-state index is 14.1. The van der Waals surface area contributed by atoms with E-state index in [1.165, 1.54) is 19.4 Å². The number of ether oxygens (including phenoxy) is 1. The molecule has 2 aromatic heterocycles. The zero-order chi connectivity index (χ0) is 23.0. The van der Waals surface area contributed by atoms with Crippen LogP contribution in [0.25, 0.3) is 22.4 Å². The monoisotopic (exact) mass is 508 g/mol. The van der Waals surface area contributed by atoms with Crippen LogP contribution in [0.4, 0.5) is 18.9 Å². The molecule has 11 heteroatoms. The number of hydrogen-bond donors (Lipinski definition) is 4. The Bertz CT molecular complexity index is 1370. The number of H-pyrrole nitrogens is 2. The fourth-order valence-corrected chi connectivity index (χ4v) is 3.81. The Labute approximate surface area is 187 Å². The van der Waals surface area contributed by atoms with Gasteiger partial charge in [0.05, 0.1) is 28.9 Å². The van der Waals surface area contributed by atoms with Gasteiger partial charge in [-0.1, -0.05) is 6.07 Å². The number of pyridine rings is 1. The van der Waals surface area contributed by atoms with Gasteiger partial charge in [-0.05, 0) is 39.7 Å². The summed E-state index contributed by atoms with van der Waals surface area (Å²) in [5.74, 6) is -3.96. The Morgan fingerprint density at radius 1 is 1.22 bits per heavy atom. The van der Waals surface area contributed by atoms with E-state index in [2.05, 4.69) is 36.2 Å². The van der Waals surface area contributed by atoms with Gasteiger partial charge in [-0.3, -0.25) is 4.79 Å². The van der Waals surface area contributed by atoms with Gasteiger partial charge in [0.1, 0.15) is 22.7 Å². The lowest BCUT2D eigenvalue weighted by Gasteiger charge is -2.16. The topological polar surface area (TPSA) is 103 Å². The van der Waals surface area contributed by atoms with E-state index in [9.17, 15) is 23.1 Å². The van der Waals surface area contributed by atoms with E-state index in [4.69, 9.17) is 4.74 Å². The quantitative estimate of drug-likeness (QED) is 0.291. The standard InChI is InChI=1S/C21H16BrF3N4O3/c1-32-15-3-2-9(6-10(15)22)14(30)8-27-12-4-5-26-21(31)16(12)20-28-13-7-11(23)17(24)18(25)19(13)29-20/h2-7,14,30H,8H2,1H3,(H,28,29)(H2,26,27,31). The van der Waals surface area contributed by atoms with E-state index in [0.29, 0.717) is 15.8 Å². The lowest BCUT2D eigenvalue weighted by atomic mass is 10.1. The summed E-state index contributed by atoms with van der Waals surface area (Å²) in [5, 5.41) is 13.5. The molecule has 4 rings (SSSR count). The highest BCUT2D eigenvalue weighted by Crippen LogP contribution is 2.30. The van der Waals surface area contributed by atoms with Crippen molar-refractivity contribution in [2.24, 2.45) is 0 Å². The van der Waals surface area contributed by atoms with E-state index in [0.717, 1.165) is 6.07 Å². The molecule has 1 unspecified atom stereocenters. The Kier molecular flexibility index (Phi) is 5.94. The van der Waals surface area contributed by atoms with Crippen LogP contribution in [0, 0.1) is 17.5 Å². The van der Waals surface area contributed by atoms with Crippen molar-refractivity contribution in [2.45, 2.75) is 6.10 Å². The number of benzene rings is 2. The molecular weight excluding hydrogens is 493 g/mol. The van der Waals surface area contributed by atoms with Gasteiger partial charge < -0.3 is 25.1 Å². The molecule has 2 heterocycles. The molecule has 0 radical (unpaired) electrons. The first kappa shape index (κ1) is 21.9. The first-order chi connectivity index (χ1) is 15.3. The van der Waals surface area contributed by atoms with E-state index >= 15 is 0 Å². The highest BCUT2D eigenvalue weighted by atomic mass is 79.9. The van der Waals surface area contributed by atoms with Crippen molar-refractivity contribution < 1.29 is 23.0 Å². The maximum absolute atomic E-state index is 14.1. The normalized spacial score (nSPS) is 12.2. The van der Waals surface area contributed by atoms with Crippen molar-refractivity contribution in [3.05, 3.63) is 74.4 Å². The number of rotatable bonds is 6. The number of aliphatic hydroxyl groups excluding tert-OH is 1. The zero-order valence-electron chi connectivity index (χ0n) is 16.5. The van der Waals surface area contributed by atoms with Gasteiger partial charge in [0.25, 0.3) is 5.56 Å². The molecule has 166 valence electrons. The molecule has 0 saturated carbocycles. The van der Waals surface area contributed by atoms with Crippen molar-refractivity contribution in [2.75, 3.05) is 19.0 Å². The van der Waals surface area contributed by atoms with E-state index in [-0.39, 0.29) is 29.1 Å². The molecule has 0 aliphatic rings. The first-order valence-electron chi connectivity index (χ1n) is 9.30. The highest BCUT2D eigenvalue weighted by molar-refractivity contribution is 9.10. The molecule has 2 aromatic carbocycles. The smallest absolute Gasteiger partial charge is 0.261 e. The molecule has 7 nitrogen and oxygen atoms in total. The predicted molar refractivity (Wildman–Crippen MR) is 116 cm³/mol. The van der Waals surface area contributed by atoms with Crippen molar-refractivity contribution in [3.63, 3.8) is 0 Å². The third-order valence-electron chi connectivity index (χ3n) is 4.86. The molecular formula is C21H16BrF3N4O3. The maximum Gasteiger partial charge on any atom is 0.261 e. The van der Waals surface area contributed by atoms with Crippen LogP contribution in [0.1, 0.15) is 11.7 Å². The average molecular weight is 509 g/mol. The lowest BCUT2D eigenvalue weighted by Crippen LogP contribution is -2.17. The summed E-state index contributed by atoms with van der Waals surface area (Å²) < 4.78 is 47.0. The molecule has 0 saturated heterocycles. The number of halogens is 4. The predicted octanol–water partition coefficient (Wildman–Crippen LogP) is 4.25. The summed E-state index contributed by atoms with van der Waals surface area (Å²) in [6.45, 7) is 0.0209. The summed E-state index contributed by atoms with van der Waals surface area (Å²) in [6.07, 6.45) is 0.438. The minimum absolute atomic E-state index is 0.00738. The van der Waals surface area contributed by atoms with Gasteiger partial charge in [0, 0.05) is 18.8 Å². The van der Waals surface area contributed by atoms with Crippen molar-refractivity contribution in [3.8, 4) is 17.1 Å². The second kappa shape index (κ2) is 8.67. The zero-order valence-corrected chi connectivity index (χ0v) is 18.1. The van der Waals surface area contributed by atoms with Gasteiger partial charge in [0.15, 0.2) is 17.5 Å². The molecule has 32 heavy (non-hydrogen) atoms. The van der Waals surface area contributed by atoms with Gasteiger partial charge in [0.2, 0.25) is 0 Å². The lowest BCUT2D eigenvalue weighted by molar-refractivity contribution is 0.191. The second-order valence-corrected chi connectivity index (χ2v) is 7.71. The number of hydrogen-bond acceptors (Lipinski definition) is 5. The van der Waals surface area contributed by atoms with Gasteiger partial charge in [-0.25, -0.2) is 18.2 Å². The van der Waals surface area contributed by atoms with Crippen molar-refractivity contribution in [1.82, 2.24) is 15.0 Å². The van der Waals surface area contributed by atoms with E-state index in [1.807, 2.05) is 0 Å². The van der Waals surface area contributed by atoms with Crippen LogP contribution in [0.3, 0.4) is 0 Å². The molecule has 1 atom stereocenters. The molecule has 0 aliphatic carbocycles. The molecule has 4 N–H and O–H groups in total. The number of anilines is 1. The Balaban J connectivity index is 1.66. The number of aromatic nitrogens is 3. The number of nitrogens with one attached hydrogen (secondary N) is 3. The molecule has 0 aliphatic heterocycles. The van der Waals surface area contributed by atoms with Crippen LogP contribution in [-0.2, 0) is 0 Å². The number of nitrogens with zero attached hydrogens (tertiary/aromatic N) is 1. The Morgan fingerprint density at radius 2 is 2.00 bits per heavy atom. The molecule has 4 aromatic rings. The average Bonchev–Trinajstić information content (AvgIpc) is 3.19. The minimum atomic E-state index is -1.65. The van der Waals surface area contributed by atoms with E-state index < -0.39 is 34.6 Å². The van der Waals surface area contributed by atoms with Crippen LogP contribution >= 0.6 is 15.9 Å². The molecule has 0 bridgehead atoms. The molecule has 0 spiro atoms. The SMILES string of the molecule is COc1ccc(C(O)CNc2cc[nH]c(=O)c2-c2nc3c(F)c(F)c(F)cc3[nH]2)cc1Br. The largest absolute Gasteiger partial charge is 0.496 e. The van der Waals surface area contributed by atoms with Crippen molar-refractivity contribution in [1.29, 1.82) is 0 Å². The fourth-order valence-electron chi connectivity index (χ4n) is 3.25. The number of imidazole rings is 1. The summed E-state index contributed by atoms with van der Waals surface area (Å²) in [5.41, 5.74) is -0.247. The van der Waals surface area contributed by atoms with Crippen LogP contribution in [0.5, 0.6) is 5.75 Å². The summed E-state index contributed by atoms with van der Waals surface area (Å²) in [4.78, 5) is 21.5. The summed E-state index contributed by atoms with van der Waals surface area (Å²) in [7, 11) is 1.53. The van der Waals surface area contributed by atoms with Crippen molar-refractivity contribution >= 4 is 32.7 Å². The van der Waals surface area contributed by atoms with E-state index in [1.54, 1.807) is 18.2 Å². The van der Waals surface area contributed by atoms with Crippen LogP contribution in [0.2, 0.25) is 0 Å². The number of aliphatic hydroxyl groups is 1. The summed E-state index contributed by atoms with van der Waals surface area (Å²) in [6, 6.07) is 7.38. The second-order valence-electron chi connectivity index (χ2n) is 6.85. The van der Waals surface area contributed by atoms with Gasteiger partial charge >= 0.3 is 0 Å². The molecule has 0 fully saturated rings. The number of aromatic amines is 2. The van der Waals surface area contributed by atoms with Crippen LogP contribution in [0.15, 0.2) is 45.8 Å². The number of methoxy groups -OCH3 is 1. The first-order valence-corrected chi connectivity index (χ1v) is 10.1. The number of fused-ring (bicyclic) bond motifs is 1. The highest BCUT2D eigenvalue weighted by Gasteiger charge is 2.21.